The van der Waals surface area contributed by atoms with Crippen LogP contribution in [0.5, 0.6) is 0 Å². The molecule has 1 aromatic heterocycles. The fourth-order valence-corrected chi connectivity index (χ4v) is 12.5. The average molecular weight is 1820 g/mol. The van der Waals surface area contributed by atoms with Gasteiger partial charge in [-0.25, -0.2) is 4.79 Å². The molecule has 0 aliphatic carbocycles. The molecule has 1 aromatic carbocycles. The molecule has 1 heterocycles. The SMILES string of the molecule is CC(C)C[C@@H](NC(=O)[C@@H](C)NC(=O)[C@@H](Cc1c[nH]c2ccccc12)NC(=O)[C@H](NC(=O)[C@@H](C)NC(=O)CNC(=O)[C@@H](CC(N)=O)NC(=O)[C@@H](CO)NC(=O)[C@H](N)CC(N)=O)[C@H](C)O)C(=O)N[C@H](CC(N)=O)C(=O)N[C@@H](C(=O)N[C@H](C)C(=O)N[C@@H](C(=O)N[C@H](CCC(=O)O)C(=O)N[C@H](CC(C)C)C(=O)N[C@H](CCCCN)C(=O)N[C@H](CCCCN)C(=O)O)[C@H](C)O)C(C)C. The van der Waals surface area contributed by atoms with Gasteiger partial charge in [0.15, 0.2) is 0 Å². The van der Waals surface area contributed by atoms with Crippen LogP contribution in [0.1, 0.15) is 165 Å². The summed E-state index contributed by atoms with van der Waals surface area (Å²) in [4.78, 5) is 283. The van der Waals surface area contributed by atoms with Crippen LogP contribution < -0.4 is 119 Å². The first-order valence-electron chi connectivity index (χ1n) is 41.7. The van der Waals surface area contributed by atoms with Gasteiger partial charge in [-0.15, -0.1) is 0 Å². The third kappa shape index (κ3) is 39.9. The molecule has 0 saturated heterocycles. The molecular formula is C79H129N23O26. The van der Waals surface area contributed by atoms with E-state index in [1.54, 1.807) is 52.0 Å². The Hall–Kier alpha value is -12.6. The summed E-state index contributed by atoms with van der Waals surface area (Å²) >= 11 is 0. The molecule has 128 heavy (non-hydrogen) atoms. The molecule has 19 amide bonds. The van der Waals surface area contributed by atoms with Crippen molar-refractivity contribution in [1.29, 1.82) is 0 Å². The van der Waals surface area contributed by atoms with Crippen molar-refractivity contribution in [2.75, 3.05) is 26.2 Å². The normalized spacial score (nSPS) is 15.5. The van der Waals surface area contributed by atoms with Gasteiger partial charge in [0.2, 0.25) is 112 Å². The number of aliphatic hydroxyl groups is 3. The van der Waals surface area contributed by atoms with E-state index in [2.05, 4.69) is 84.7 Å². The number of carbonyl (C=O) groups is 21. The third-order valence-corrected chi connectivity index (χ3v) is 19.6. The second-order valence-electron chi connectivity index (χ2n) is 32.2. The molecule has 0 spiro atoms. The predicted molar refractivity (Wildman–Crippen MR) is 455 cm³/mol. The summed E-state index contributed by atoms with van der Waals surface area (Å²) in [5.74, 6) is -25.2. The molecular weight excluding hydrogens is 1690 g/mol. The summed E-state index contributed by atoms with van der Waals surface area (Å²) in [6.07, 6.45) is -4.78. The number of H-pyrrole nitrogens is 1. The van der Waals surface area contributed by atoms with Crippen LogP contribution in [0.25, 0.3) is 10.9 Å². The minimum atomic E-state index is -1.94. The zero-order valence-electron chi connectivity index (χ0n) is 73.5. The highest BCUT2D eigenvalue weighted by molar-refractivity contribution is 6.02. The molecule has 49 heteroatoms. The fraction of sp³-hybridized carbons (Fsp3) is 0.633. The van der Waals surface area contributed by atoms with Crippen molar-refractivity contribution in [3.8, 4) is 0 Å². The standard InChI is InChI=1S/C79H129N23O26/c1-35(2)26-50(94-64(112)39(8)89-71(119)52(28-43-32-86-46-19-13-12-18-44(43)46)98-78(126)63(42(11)105)101-65(113)38(7)88-59(109)33-87-68(116)53(30-57(84)107)96-75(123)55(34-103)99-67(115)45(82)29-56(83)106)73(121)97-54(31-58(85)108)74(122)100-61(37(5)6)76(124)90-40(9)66(114)102-62(41(10)104)77(125)92-48(22-23-60(110)111)70(118)95-51(27-36(3)4)72(120)91-47(20-14-16-24-80)69(117)93-49(79(127)128)21-15-17-25-81/h12-13,18-19,32,35-42,45,47-55,61-63,86,103-105H,14-17,20-31,33-34,80-82H2,1-11H3,(H2,83,106)(H2,84,107)(H2,85,108)(H,87,116)(H,88,109)(H,89,119)(H,90,124)(H,91,120)(H,92,125)(H,93,117)(H,94,112)(H,95,118)(H,96,123)(H,97,121)(H,98,126)(H,99,115)(H,100,122)(H,101,113)(H,102,114)(H,110,111)(H,127,128)/t38-,39-,40-,41+,42+,45-,47-,48-,49-,50-,51-,52-,53-,54-,55-,61-,62-,63-/m1/s1. The van der Waals surface area contributed by atoms with Crippen LogP contribution in [-0.2, 0) is 107 Å². The quantitative estimate of drug-likeness (QED) is 0.0274. The summed E-state index contributed by atoms with van der Waals surface area (Å²) < 4.78 is 0. The number of aliphatic hydroxyl groups excluding tert-OH is 3. The number of nitrogens with two attached hydrogens (primary N) is 6. The number of carboxylic acid groups (broad SMARTS) is 2. The van der Waals surface area contributed by atoms with Crippen LogP contribution in [0.4, 0.5) is 0 Å². The molecule has 0 fully saturated rings. The number of aromatic nitrogens is 1. The van der Waals surface area contributed by atoms with Gasteiger partial charge in [0.05, 0.1) is 50.7 Å². The number of hydrogen-bond donors (Lipinski definition) is 28. The number of fused-ring (bicyclic) bond motifs is 1. The zero-order chi connectivity index (χ0) is 97.3. The highest BCUT2D eigenvalue weighted by Gasteiger charge is 2.40. The number of rotatable bonds is 60. The molecule has 18 atom stereocenters. The van der Waals surface area contributed by atoms with E-state index in [0.29, 0.717) is 42.1 Å². The van der Waals surface area contributed by atoms with Gasteiger partial charge in [-0.2, -0.15) is 0 Å². The maximum Gasteiger partial charge on any atom is 0.326 e. The molecule has 0 bridgehead atoms. The molecule has 0 unspecified atom stereocenters. The van der Waals surface area contributed by atoms with Gasteiger partial charge in [0.25, 0.3) is 0 Å². The molecule has 0 aliphatic heterocycles. The lowest BCUT2D eigenvalue weighted by molar-refractivity contribution is -0.142. The van der Waals surface area contributed by atoms with Crippen LogP contribution in [0.15, 0.2) is 30.5 Å². The second kappa shape index (κ2) is 55.8. The summed E-state index contributed by atoms with van der Waals surface area (Å²) in [5.41, 5.74) is 33.7. The van der Waals surface area contributed by atoms with Gasteiger partial charge in [0, 0.05) is 29.9 Å². The van der Waals surface area contributed by atoms with Gasteiger partial charge in [-0.3, -0.25) is 95.9 Å². The largest absolute Gasteiger partial charge is 0.481 e. The number of hydrogen-bond acceptors (Lipinski definition) is 27. The van der Waals surface area contributed by atoms with Crippen LogP contribution in [0.3, 0.4) is 0 Å². The number of aliphatic carboxylic acids is 2. The minimum Gasteiger partial charge on any atom is -0.481 e. The average Bonchev–Trinajstić information content (AvgIpc) is 1.66. The lowest BCUT2D eigenvalue weighted by Gasteiger charge is -2.29. The van der Waals surface area contributed by atoms with Crippen molar-refractivity contribution in [3.05, 3.63) is 36.0 Å². The molecule has 0 radical (unpaired) electrons. The summed E-state index contributed by atoms with van der Waals surface area (Å²) in [5, 5.41) is 89.1. The van der Waals surface area contributed by atoms with Crippen LogP contribution in [0.2, 0.25) is 0 Å². The molecule has 49 nitrogen and oxygen atoms in total. The topological polar surface area (TPSA) is 824 Å². The second-order valence-corrected chi connectivity index (χ2v) is 32.2. The van der Waals surface area contributed by atoms with E-state index in [1.165, 1.54) is 27.0 Å². The highest BCUT2D eigenvalue weighted by Crippen LogP contribution is 2.21. The van der Waals surface area contributed by atoms with Crippen molar-refractivity contribution in [1.82, 2.24) is 90.1 Å². The van der Waals surface area contributed by atoms with E-state index in [1.807, 2.05) is 5.32 Å². The Kier molecular flexibility index (Phi) is 48.6. The predicted octanol–water partition coefficient (Wildman–Crippen LogP) is -10.2. The number of amides is 19. The number of aromatic amines is 1. The summed E-state index contributed by atoms with van der Waals surface area (Å²) in [6.45, 7) is 13.7. The molecule has 2 rings (SSSR count). The number of nitrogens with one attached hydrogen (secondary N) is 17. The number of unbranched alkanes of at least 4 members (excludes halogenated alkanes) is 2. The highest BCUT2D eigenvalue weighted by atomic mass is 16.4. The van der Waals surface area contributed by atoms with Gasteiger partial charge < -0.3 is 150 Å². The van der Waals surface area contributed by atoms with E-state index < -0.39 is 290 Å². The van der Waals surface area contributed by atoms with Gasteiger partial charge in [-0.1, -0.05) is 59.7 Å². The van der Waals surface area contributed by atoms with Crippen molar-refractivity contribution in [3.63, 3.8) is 0 Å². The zero-order valence-corrected chi connectivity index (χ0v) is 73.5. The maximum atomic E-state index is 14.5. The van der Waals surface area contributed by atoms with E-state index in [0.717, 1.165) is 27.7 Å². The number of para-hydroxylation sites is 1. The Morgan fingerprint density at radius 3 is 1.21 bits per heavy atom. The van der Waals surface area contributed by atoms with E-state index in [9.17, 15) is 126 Å². The van der Waals surface area contributed by atoms with Crippen molar-refractivity contribution >= 4 is 135 Å². The maximum absolute atomic E-state index is 14.5. The van der Waals surface area contributed by atoms with Gasteiger partial charge in [-0.05, 0) is 135 Å². The molecule has 0 aliphatic rings. The van der Waals surface area contributed by atoms with Crippen molar-refractivity contribution in [2.45, 2.75) is 275 Å². The Morgan fingerprint density at radius 1 is 0.383 bits per heavy atom. The van der Waals surface area contributed by atoms with Crippen molar-refractivity contribution in [2.24, 2.45) is 52.2 Å². The third-order valence-electron chi connectivity index (χ3n) is 19.6. The monoisotopic (exact) mass is 1820 g/mol. The Balaban J connectivity index is 2.36. The summed E-state index contributed by atoms with van der Waals surface area (Å²) in [6, 6.07) is -19.5. The lowest BCUT2D eigenvalue weighted by atomic mass is 10.0. The molecule has 0 saturated carbocycles. The van der Waals surface area contributed by atoms with E-state index in [-0.39, 0.29) is 51.1 Å². The van der Waals surface area contributed by atoms with Crippen LogP contribution in [-0.4, -0.2) is 290 Å². The molecule has 2 aromatic rings. The first-order chi connectivity index (χ1) is 59.9. The molecule has 34 N–H and O–H groups in total. The first kappa shape index (κ1) is 111. The number of carboxylic acids is 2. The van der Waals surface area contributed by atoms with Crippen LogP contribution in [0, 0.1) is 17.8 Å². The Morgan fingerprint density at radius 2 is 0.750 bits per heavy atom. The number of benzene rings is 1. The fourth-order valence-electron chi connectivity index (χ4n) is 12.5. The lowest BCUT2D eigenvalue weighted by Crippen LogP contribution is -2.62. The minimum absolute atomic E-state index is 0.00285. The Labute approximate surface area is 737 Å². The first-order valence-corrected chi connectivity index (χ1v) is 41.7. The van der Waals surface area contributed by atoms with Crippen LogP contribution >= 0.6 is 0 Å². The molecule has 716 valence electrons. The van der Waals surface area contributed by atoms with Crippen molar-refractivity contribution < 1.29 is 126 Å². The summed E-state index contributed by atoms with van der Waals surface area (Å²) in [7, 11) is 0. The van der Waals surface area contributed by atoms with E-state index >= 15 is 0 Å². The van der Waals surface area contributed by atoms with E-state index in [4.69, 9.17) is 34.4 Å². The number of carbonyl (C=O) groups excluding carboxylic acids is 19. The van der Waals surface area contributed by atoms with Gasteiger partial charge in [0.1, 0.15) is 90.6 Å². The van der Waals surface area contributed by atoms with Gasteiger partial charge >= 0.3 is 11.9 Å². The Bertz CT molecular complexity index is 4200. The smallest absolute Gasteiger partial charge is 0.326 e. The number of primary amides is 3.